The second-order valence-electron chi connectivity index (χ2n) is 5.17. The number of carbonyl (C=O) groups excluding carboxylic acids is 1. The maximum absolute atomic E-state index is 11.7. The van der Waals surface area contributed by atoms with Crippen molar-refractivity contribution in [2.75, 3.05) is 20.1 Å². The van der Waals surface area contributed by atoms with E-state index in [0.717, 1.165) is 25.9 Å². The van der Waals surface area contributed by atoms with Crippen LogP contribution >= 0.6 is 0 Å². The van der Waals surface area contributed by atoms with E-state index < -0.39 is 0 Å². The van der Waals surface area contributed by atoms with Crippen molar-refractivity contribution in [3.63, 3.8) is 0 Å². The van der Waals surface area contributed by atoms with Crippen molar-refractivity contribution in [1.29, 1.82) is 0 Å². The van der Waals surface area contributed by atoms with Gasteiger partial charge in [0.15, 0.2) is 0 Å². The van der Waals surface area contributed by atoms with Gasteiger partial charge in [0.2, 0.25) is 5.91 Å². The third-order valence-electron chi connectivity index (χ3n) is 2.32. The zero-order valence-corrected chi connectivity index (χ0v) is 11.2. The van der Waals surface area contributed by atoms with Gasteiger partial charge in [0, 0.05) is 32.1 Å². The van der Waals surface area contributed by atoms with Crippen LogP contribution in [0, 0.1) is 0 Å². The molecule has 0 rings (SSSR count). The normalized spacial score (nSPS) is 11.2. The zero-order valence-electron chi connectivity index (χ0n) is 11.2. The van der Waals surface area contributed by atoms with E-state index in [9.17, 15) is 4.79 Å². The monoisotopic (exact) mass is 226 g/mol. The molecule has 16 heavy (non-hydrogen) atoms. The average Bonchev–Trinajstić information content (AvgIpc) is 2.15. The Balaban J connectivity index is 3.67. The fraction of sp³-hybridized carbons (Fsp3) is 0.769. The van der Waals surface area contributed by atoms with Gasteiger partial charge in [-0.05, 0) is 33.6 Å². The molecule has 3 heteroatoms. The molecule has 94 valence electrons. The number of hydrogen-bond acceptors (Lipinski definition) is 2. The Bertz CT molecular complexity index is 218. The van der Waals surface area contributed by atoms with Gasteiger partial charge in [-0.15, -0.1) is 6.58 Å². The van der Waals surface area contributed by atoms with Gasteiger partial charge < -0.3 is 10.2 Å². The van der Waals surface area contributed by atoms with Gasteiger partial charge in [-0.1, -0.05) is 6.08 Å². The number of hydrogen-bond donors (Lipinski definition) is 1. The molecule has 0 aliphatic carbocycles. The summed E-state index contributed by atoms with van der Waals surface area (Å²) in [6, 6.07) is 0. The van der Waals surface area contributed by atoms with E-state index in [1.54, 1.807) is 4.90 Å². The molecule has 0 aliphatic heterocycles. The Kier molecular flexibility index (Phi) is 7.06. The zero-order chi connectivity index (χ0) is 12.6. The number of nitrogens with zero attached hydrogens (tertiary/aromatic N) is 1. The molecule has 0 heterocycles. The molecule has 0 aliphatic rings. The molecule has 0 spiro atoms. The van der Waals surface area contributed by atoms with Crippen molar-refractivity contribution >= 4 is 5.91 Å². The molecule has 0 saturated heterocycles. The lowest BCUT2D eigenvalue weighted by Crippen LogP contribution is -2.39. The Morgan fingerprint density at radius 2 is 2.06 bits per heavy atom. The fourth-order valence-electron chi connectivity index (χ4n) is 1.33. The summed E-state index contributed by atoms with van der Waals surface area (Å²) in [6.07, 6.45) is 4.43. The lowest BCUT2D eigenvalue weighted by molar-refractivity contribution is -0.129. The quantitative estimate of drug-likeness (QED) is 0.533. The first-order chi connectivity index (χ1) is 7.37. The van der Waals surface area contributed by atoms with Gasteiger partial charge >= 0.3 is 0 Å². The first-order valence-corrected chi connectivity index (χ1v) is 5.96. The molecule has 1 N–H and O–H groups in total. The third kappa shape index (κ3) is 8.48. The Hall–Kier alpha value is -0.830. The minimum atomic E-state index is 0.0850. The smallest absolute Gasteiger partial charge is 0.223 e. The van der Waals surface area contributed by atoms with E-state index in [-0.39, 0.29) is 11.4 Å². The van der Waals surface area contributed by atoms with Crippen molar-refractivity contribution in [1.82, 2.24) is 10.2 Å². The van der Waals surface area contributed by atoms with Crippen molar-refractivity contribution in [3.05, 3.63) is 12.7 Å². The van der Waals surface area contributed by atoms with Gasteiger partial charge in [0.05, 0.1) is 0 Å². The molecular formula is C13H26N2O. The average molecular weight is 226 g/mol. The molecular weight excluding hydrogens is 200 g/mol. The van der Waals surface area contributed by atoms with E-state index in [0.29, 0.717) is 6.42 Å². The molecule has 0 aromatic rings. The summed E-state index contributed by atoms with van der Waals surface area (Å²) in [7, 11) is 1.86. The first kappa shape index (κ1) is 15.2. The van der Waals surface area contributed by atoms with Crippen LogP contribution in [0.1, 0.15) is 40.0 Å². The van der Waals surface area contributed by atoms with Crippen molar-refractivity contribution in [2.45, 2.75) is 45.6 Å². The third-order valence-corrected chi connectivity index (χ3v) is 2.32. The SMILES string of the molecule is C=CCCCN(C)C(=O)CCNC(C)(C)C. The predicted octanol–water partition coefficient (Wildman–Crippen LogP) is 2.19. The molecule has 3 nitrogen and oxygen atoms in total. The Labute approximate surface area is 99.9 Å². The molecule has 0 bridgehead atoms. The van der Waals surface area contributed by atoms with Crippen molar-refractivity contribution < 1.29 is 4.79 Å². The Morgan fingerprint density at radius 1 is 1.44 bits per heavy atom. The maximum atomic E-state index is 11.7. The largest absolute Gasteiger partial charge is 0.346 e. The second-order valence-corrected chi connectivity index (χ2v) is 5.17. The molecule has 1 amide bonds. The van der Waals surface area contributed by atoms with Crippen LogP contribution in [0.15, 0.2) is 12.7 Å². The van der Waals surface area contributed by atoms with Gasteiger partial charge in [-0.2, -0.15) is 0 Å². The highest BCUT2D eigenvalue weighted by Crippen LogP contribution is 2.00. The van der Waals surface area contributed by atoms with Gasteiger partial charge in [-0.25, -0.2) is 0 Å². The van der Waals surface area contributed by atoms with Gasteiger partial charge in [0.1, 0.15) is 0 Å². The van der Waals surface area contributed by atoms with E-state index in [1.165, 1.54) is 0 Å². The molecule has 0 fully saturated rings. The lowest BCUT2D eigenvalue weighted by atomic mass is 10.1. The van der Waals surface area contributed by atoms with Crippen LogP contribution in [-0.4, -0.2) is 36.5 Å². The number of nitrogens with one attached hydrogen (secondary N) is 1. The molecule has 0 atom stereocenters. The van der Waals surface area contributed by atoms with Crippen LogP contribution < -0.4 is 5.32 Å². The molecule has 0 aromatic carbocycles. The number of amides is 1. The summed E-state index contributed by atoms with van der Waals surface area (Å²) in [6.45, 7) is 11.5. The minimum absolute atomic E-state index is 0.0850. The maximum Gasteiger partial charge on any atom is 0.223 e. The van der Waals surface area contributed by atoms with E-state index >= 15 is 0 Å². The fourth-order valence-corrected chi connectivity index (χ4v) is 1.33. The van der Waals surface area contributed by atoms with Gasteiger partial charge in [-0.3, -0.25) is 4.79 Å². The summed E-state index contributed by atoms with van der Waals surface area (Å²) in [5, 5.41) is 3.31. The van der Waals surface area contributed by atoms with E-state index in [4.69, 9.17) is 0 Å². The topological polar surface area (TPSA) is 32.3 Å². The molecule has 0 aromatic heterocycles. The molecule has 0 saturated carbocycles. The van der Waals surface area contributed by atoms with Gasteiger partial charge in [0.25, 0.3) is 0 Å². The van der Waals surface area contributed by atoms with E-state index in [1.807, 2.05) is 13.1 Å². The summed E-state index contributed by atoms with van der Waals surface area (Å²) in [5.41, 5.74) is 0.0850. The number of carbonyl (C=O) groups is 1. The molecule has 0 radical (unpaired) electrons. The van der Waals surface area contributed by atoms with Crippen molar-refractivity contribution in [3.8, 4) is 0 Å². The molecule has 0 unspecified atom stereocenters. The number of rotatable bonds is 7. The minimum Gasteiger partial charge on any atom is -0.346 e. The van der Waals surface area contributed by atoms with E-state index in [2.05, 4.69) is 32.7 Å². The highest BCUT2D eigenvalue weighted by molar-refractivity contribution is 5.76. The standard InChI is InChI=1S/C13H26N2O/c1-6-7-8-11-15(5)12(16)9-10-14-13(2,3)4/h6,14H,1,7-11H2,2-5H3. The predicted molar refractivity (Wildman–Crippen MR) is 69.4 cm³/mol. The second kappa shape index (κ2) is 7.44. The van der Waals surface area contributed by atoms with Crippen LogP contribution in [-0.2, 0) is 4.79 Å². The number of allylic oxidation sites excluding steroid dienone is 1. The lowest BCUT2D eigenvalue weighted by Gasteiger charge is -2.22. The van der Waals surface area contributed by atoms with Crippen LogP contribution in [0.2, 0.25) is 0 Å². The van der Waals surface area contributed by atoms with Crippen LogP contribution in [0.25, 0.3) is 0 Å². The van der Waals surface area contributed by atoms with Crippen molar-refractivity contribution in [2.24, 2.45) is 0 Å². The summed E-state index contributed by atoms with van der Waals surface area (Å²) >= 11 is 0. The van der Waals surface area contributed by atoms with Crippen LogP contribution in [0.4, 0.5) is 0 Å². The summed E-state index contributed by atoms with van der Waals surface area (Å²) in [4.78, 5) is 13.5. The Morgan fingerprint density at radius 3 is 2.56 bits per heavy atom. The number of unbranched alkanes of at least 4 members (excludes halogenated alkanes) is 1. The summed E-state index contributed by atoms with van der Waals surface area (Å²) in [5.74, 6) is 0.209. The highest BCUT2D eigenvalue weighted by Gasteiger charge is 2.11. The highest BCUT2D eigenvalue weighted by atomic mass is 16.2. The first-order valence-electron chi connectivity index (χ1n) is 5.96. The van der Waals surface area contributed by atoms with Crippen LogP contribution in [0.5, 0.6) is 0 Å². The summed E-state index contributed by atoms with van der Waals surface area (Å²) < 4.78 is 0. The van der Waals surface area contributed by atoms with Crippen LogP contribution in [0.3, 0.4) is 0 Å².